The van der Waals surface area contributed by atoms with E-state index in [0.717, 1.165) is 31.6 Å². The van der Waals surface area contributed by atoms with Gasteiger partial charge in [0.05, 0.1) is 0 Å². The average molecular weight is 440 g/mol. The Hall–Kier alpha value is -1.35. The topological polar surface area (TPSA) is 52.3 Å². The summed E-state index contributed by atoms with van der Waals surface area (Å²) in [5, 5.41) is 0. The van der Waals surface area contributed by atoms with Crippen LogP contribution in [0, 0.1) is 29.6 Å². The second-order valence-corrected chi connectivity index (χ2v) is 12.4. The second-order valence-electron chi connectivity index (χ2n) is 12.4. The van der Waals surface area contributed by atoms with Crippen LogP contribution in [-0.4, -0.2) is 12.0 Å². The molecule has 3 aliphatic carbocycles. The van der Waals surface area contributed by atoms with Crippen molar-refractivity contribution in [2.75, 3.05) is 0 Å². The summed E-state index contributed by atoms with van der Waals surface area (Å²) < 4.78 is 5.80. The first-order valence-corrected chi connectivity index (χ1v) is 13.1. The van der Waals surface area contributed by atoms with Crippen LogP contribution in [0.3, 0.4) is 0 Å². The van der Waals surface area contributed by atoms with Crippen LogP contribution in [0.4, 0.5) is 0 Å². The molecule has 0 aliphatic heterocycles. The SMILES string of the molecule is CCCCCC(N)C(=O)Oc1cc(C)c2c(c1)C[C@H]1[C@@]2(C)CCC2C(C)(C)CCC[C@@]21C. The lowest BCUT2D eigenvalue weighted by Gasteiger charge is -2.61. The molecule has 0 amide bonds. The van der Waals surface area contributed by atoms with Gasteiger partial charge >= 0.3 is 5.97 Å². The maximum atomic E-state index is 12.6. The van der Waals surface area contributed by atoms with Gasteiger partial charge in [-0.3, -0.25) is 0 Å². The molecular formula is C29H45NO2. The summed E-state index contributed by atoms with van der Waals surface area (Å²) in [5.41, 5.74) is 11.4. The third kappa shape index (κ3) is 3.83. The highest BCUT2D eigenvalue weighted by Crippen LogP contribution is 2.67. The van der Waals surface area contributed by atoms with Crippen LogP contribution >= 0.6 is 0 Å². The molecule has 32 heavy (non-hydrogen) atoms. The number of carbonyl (C=O) groups is 1. The van der Waals surface area contributed by atoms with Gasteiger partial charge in [-0.2, -0.15) is 0 Å². The maximum absolute atomic E-state index is 12.6. The van der Waals surface area contributed by atoms with Gasteiger partial charge in [0.2, 0.25) is 0 Å². The van der Waals surface area contributed by atoms with Gasteiger partial charge in [0.25, 0.3) is 0 Å². The van der Waals surface area contributed by atoms with Gasteiger partial charge in [-0.15, -0.1) is 0 Å². The Morgan fingerprint density at radius 2 is 1.88 bits per heavy atom. The van der Waals surface area contributed by atoms with Gasteiger partial charge in [0, 0.05) is 0 Å². The number of hydrogen-bond donors (Lipinski definition) is 1. The zero-order chi connectivity index (χ0) is 23.3. The molecule has 0 aromatic heterocycles. The van der Waals surface area contributed by atoms with Gasteiger partial charge < -0.3 is 10.5 Å². The van der Waals surface area contributed by atoms with Crippen LogP contribution < -0.4 is 10.5 Å². The third-order valence-corrected chi connectivity index (χ3v) is 9.82. The summed E-state index contributed by atoms with van der Waals surface area (Å²) in [4.78, 5) is 12.6. The van der Waals surface area contributed by atoms with Crippen molar-refractivity contribution in [1.82, 2.24) is 0 Å². The van der Waals surface area contributed by atoms with E-state index >= 15 is 0 Å². The highest BCUT2D eigenvalue weighted by molar-refractivity contribution is 5.78. The van der Waals surface area contributed by atoms with Crippen molar-refractivity contribution in [2.45, 2.75) is 117 Å². The fraction of sp³-hybridized carbons (Fsp3) is 0.759. The summed E-state index contributed by atoms with van der Waals surface area (Å²) >= 11 is 0. The van der Waals surface area contributed by atoms with Crippen molar-refractivity contribution >= 4 is 5.97 Å². The van der Waals surface area contributed by atoms with Crippen LogP contribution in [-0.2, 0) is 16.6 Å². The molecule has 3 heteroatoms. The van der Waals surface area contributed by atoms with E-state index in [1.807, 2.05) is 0 Å². The molecule has 0 heterocycles. The molecular weight excluding hydrogens is 394 g/mol. The minimum Gasteiger partial charge on any atom is -0.425 e. The zero-order valence-electron chi connectivity index (χ0n) is 21.4. The third-order valence-electron chi connectivity index (χ3n) is 9.82. The van der Waals surface area contributed by atoms with Crippen molar-refractivity contribution < 1.29 is 9.53 Å². The first-order chi connectivity index (χ1) is 15.0. The predicted molar refractivity (Wildman–Crippen MR) is 132 cm³/mol. The number of ether oxygens (including phenoxy) is 1. The van der Waals surface area contributed by atoms with Crippen LogP contribution in [0.15, 0.2) is 12.1 Å². The summed E-state index contributed by atoms with van der Waals surface area (Å²) in [5.74, 6) is 1.87. The number of fused-ring (bicyclic) bond motifs is 5. The van der Waals surface area contributed by atoms with Gasteiger partial charge in [0.1, 0.15) is 11.8 Å². The van der Waals surface area contributed by atoms with Crippen LogP contribution in [0.5, 0.6) is 5.75 Å². The second kappa shape index (κ2) is 8.46. The highest BCUT2D eigenvalue weighted by atomic mass is 16.5. The standard InChI is InChI=1S/C29H45NO2/c1-7-8-9-11-22(30)26(31)32-21-16-19(2)25-20(17-21)18-24-28(5)14-10-13-27(3,4)23(28)12-15-29(24,25)6/h16-17,22-24H,7-15,18,30H2,1-6H3/t22?,23?,24-,28+,29-/m1/s1. The van der Waals surface area contributed by atoms with Crippen LogP contribution in [0.25, 0.3) is 0 Å². The molecule has 2 N–H and O–H groups in total. The lowest BCUT2D eigenvalue weighted by Crippen LogP contribution is -2.55. The molecule has 1 aromatic rings. The summed E-state index contributed by atoms with van der Waals surface area (Å²) in [6, 6.07) is 3.72. The lowest BCUT2D eigenvalue weighted by molar-refractivity contribution is -0.136. The maximum Gasteiger partial charge on any atom is 0.328 e. The average Bonchev–Trinajstić information content (AvgIpc) is 3.01. The Morgan fingerprint density at radius 3 is 2.59 bits per heavy atom. The fourth-order valence-corrected chi connectivity index (χ4v) is 8.41. The molecule has 5 atom stereocenters. The number of aryl methyl sites for hydroxylation is 1. The van der Waals surface area contributed by atoms with Crippen LogP contribution in [0.1, 0.15) is 109 Å². The molecule has 3 nitrogen and oxygen atoms in total. The van der Waals surface area contributed by atoms with E-state index < -0.39 is 6.04 Å². The number of carbonyl (C=O) groups excluding carboxylic acids is 1. The van der Waals surface area contributed by atoms with E-state index in [2.05, 4.69) is 53.7 Å². The molecule has 4 rings (SSSR count). The molecule has 178 valence electrons. The Labute approximate surface area is 195 Å². The van der Waals surface area contributed by atoms with Crippen molar-refractivity contribution in [1.29, 1.82) is 0 Å². The van der Waals surface area contributed by atoms with Crippen molar-refractivity contribution in [3.63, 3.8) is 0 Å². The Morgan fingerprint density at radius 1 is 1.12 bits per heavy atom. The van der Waals surface area contributed by atoms with Gasteiger partial charge in [-0.25, -0.2) is 4.79 Å². The minimum absolute atomic E-state index is 0.233. The van der Waals surface area contributed by atoms with Crippen molar-refractivity contribution in [3.05, 3.63) is 28.8 Å². The largest absolute Gasteiger partial charge is 0.425 e. The van der Waals surface area contributed by atoms with Gasteiger partial charge in [-0.1, -0.05) is 60.3 Å². The lowest BCUT2D eigenvalue weighted by atomic mass is 9.43. The number of rotatable bonds is 6. The molecule has 0 saturated heterocycles. The van der Waals surface area contributed by atoms with E-state index in [4.69, 9.17) is 10.5 Å². The Kier molecular flexibility index (Phi) is 6.29. The summed E-state index contributed by atoms with van der Waals surface area (Å²) in [6.45, 7) is 14.5. The molecule has 3 aliphatic rings. The molecule has 2 fully saturated rings. The zero-order valence-corrected chi connectivity index (χ0v) is 21.4. The highest BCUT2D eigenvalue weighted by Gasteiger charge is 2.61. The van der Waals surface area contributed by atoms with Crippen molar-refractivity contribution in [3.8, 4) is 5.75 Å². The van der Waals surface area contributed by atoms with E-state index in [0.29, 0.717) is 28.9 Å². The minimum atomic E-state index is -0.528. The summed E-state index contributed by atoms with van der Waals surface area (Å²) in [7, 11) is 0. The molecule has 2 unspecified atom stereocenters. The number of benzene rings is 1. The van der Waals surface area contributed by atoms with Crippen LogP contribution in [0.2, 0.25) is 0 Å². The van der Waals surface area contributed by atoms with E-state index in [9.17, 15) is 4.79 Å². The molecule has 0 radical (unpaired) electrons. The van der Waals surface area contributed by atoms with E-state index in [1.165, 1.54) is 48.8 Å². The van der Waals surface area contributed by atoms with Gasteiger partial charge in [0.15, 0.2) is 0 Å². The number of hydrogen-bond acceptors (Lipinski definition) is 3. The van der Waals surface area contributed by atoms with E-state index in [1.54, 1.807) is 0 Å². The fourth-order valence-electron chi connectivity index (χ4n) is 8.41. The Balaban J connectivity index is 1.58. The Bertz CT molecular complexity index is 874. The first kappa shape index (κ1) is 23.8. The number of esters is 1. The normalized spacial score (nSPS) is 33.7. The monoisotopic (exact) mass is 439 g/mol. The smallest absolute Gasteiger partial charge is 0.328 e. The molecule has 1 aromatic carbocycles. The molecule has 0 spiro atoms. The van der Waals surface area contributed by atoms with E-state index in [-0.39, 0.29) is 11.4 Å². The number of unbranched alkanes of at least 4 members (excludes halogenated alkanes) is 2. The van der Waals surface area contributed by atoms with Gasteiger partial charge in [-0.05, 0) is 102 Å². The number of nitrogens with two attached hydrogens (primary N) is 1. The molecule has 2 saturated carbocycles. The predicted octanol–water partition coefficient (Wildman–Crippen LogP) is 6.86. The van der Waals surface area contributed by atoms with Crippen molar-refractivity contribution in [2.24, 2.45) is 28.4 Å². The molecule has 0 bridgehead atoms. The quantitative estimate of drug-likeness (QED) is 0.299. The summed E-state index contributed by atoms with van der Waals surface area (Å²) in [6.07, 6.45) is 11.7. The first-order valence-electron chi connectivity index (χ1n) is 13.1.